The lowest BCUT2D eigenvalue weighted by molar-refractivity contribution is -0.148. The Hall–Kier alpha value is -3.47. The van der Waals surface area contributed by atoms with Gasteiger partial charge in [0.25, 0.3) is 5.91 Å². The van der Waals surface area contributed by atoms with Crippen LogP contribution in [0.15, 0.2) is 36.0 Å². The number of esters is 1. The van der Waals surface area contributed by atoms with E-state index in [2.05, 4.69) is 20.3 Å². The minimum Gasteiger partial charge on any atom is -0.466 e. The van der Waals surface area contributed by atoms with Gasteiger partial charge in [-0.3, -0.25) is 14.9 Å². The molecule has 0 saturated carbocycles. The Bertz CT molecular complexity index is 1160. The molecule has 34 heavy (non-hydrogen) atoms. The zero-order chi connectivity index (χ0) is 24.1. The van der Waals surface area contributed by atoms with E-state index in [0.29, 0.717) is 54.7 Å². The number of carbonyl (C=O) groups is 2. The molecule has 1 amide bonds. The number of nitrogens with zero attached hydrogens (tertiary/aromatic N) is 4. The molecule has 1 saturated heterocycles. The smallest absolute Gasteiger partial charge is 0.309 e. The van der Waals surface area contributed by atoms with Crippen LogP contribution in [0.25, 0.3) is 11.3 Å². The molecule has 3 aromatic rings. The van der Waals surface area contributed by atoms with Crippen molar-refractivity contribution < 1.29 is 23.1 Å². The highest BCUT2D eigenvalue weighted by atomic mass is 32.1. The topological polar surface area (TPSA) is 97.3 Å². The van der Waals surface area contributed by atoms with Gasteiger partial charge in [0.2, 0.25) is 0 Å². The van der Waals surface area contributed by atoms with Gasteiger partial charge in [-0.15, -0.1) is 11.3 Å². The van der Waals surface area contributed by atoms with Crippen molar-refractivity contribution in [2.75, 3.05) is 29.9 Å². The number of hydrogen-bond donors (Lipinski definition) is 1. The number of alkyl halides is 1. The van der Waals surface area contributed by atoms with Crippen LogP contribution in [-0.2, 0) is 16.2 Å². The summed E-state index contributed by atoms with van der Waals surface area (Å²) < 4.78 is 31.7. The SMILES string of the molecule is CCOC(=O)C1CCN(c2cnc(C(=O)Nc3nc(-c4cc(F)cc(CF)c4)cs3)cn2)CC1. The summed E-state index contributed by atoms with van der Waals surface area (Å²) >= 11 is 1.17. The normalized spacial score (nSPS) is 14.1. The molecule has 0 bridgehead atoms. The highest BCUT2D eigenvalue weighted by Crippen LogP contribution is 2.27. The largest absolute Gasteiger partial charge is 0.466 e. The molecule has 0 aliphatic carbocycles. The Morgan fingerprint density at radius 2 is 2.00 bits per heavy atom. The number of halogens is 2. The van der Waals surface area contributed by atoms with Crippen LogP contribution >= 0.6 is 11.3 Å². The summed E-state index contributed by atoms with van der Waals surface area (Å²) in [4.78, 5) is 39.3. The van der Waals surface area contributed by atoms with Gasteiger partial charge in [0.05, 0.1) is 30.6 Å². The Kier molecular flexibility index (Phi) is 7.41. The van der Waals surface area contributed by atoms with Gasteiger partial charge in [0.15, 0.2) is 5.13 Å². The number of amides is 1. The Morgan fingerprint density at radius 3 is 2.68 bits per heavy atom. The first-order valence-electron chi connectivity index (χ1n) is 10.8. The van der Waals surface area contributed by atoms with Crippen molar-refractivity contribution in [3.05, 3.63) is 53.0 Å². The highest BCUT2D eigenvalue weighted by Gasteiger charge is 2.26. The summed E-state index contributed by atoms with van der Waals surface area (Å²) in [6.07, 6.45) is 4.26. The first-order valence-corrected chi connectivity index (χ1v) is 11.7. The van der Waals surface area contributed by atoms with Crippen LogP contribution in [0, 0.1) is 11.7 Å². The van der Waals surface area contributed by atoms with E-state index in [0.717, 1.165) is 6.07 Å². The minimum atomic E-state index is -0.781. The number of ether oxygens (including phenoxy) is 1. The number of aromatic nitrogens is 3. The summed E-state index contributed by atoms with van der Waals surface area (Å²) in [7, 11) is 0. The van der Waals surface area contributed by atoms with Crippen molar-refractivity contribution in [3.8, 4) is 11.3 Å². The summed E-state index contributed by atoms with van der Waals surface area (Å²) in [5, 5.41) is 4.61. The zero-order valence-corrected chi connectivity index (χ0v) is 19.3. The highest BCUT2D eigenvalue weighted by molar-refractivity contribution is 7.14. The maximum atomic E-state index is 13.7. The Morgan fingerprint density at radius 1 is 1.21 bits per heavy atom. The van der Waals surface area contributed by atoms with Gasteiger partial charge in [0, 0.05) is 24.0 Å². The monoisotopic (exact) mass is 487 g/mol. The molecule has 178 valence electrons. The van der Waals surface area contributed by atoms with Gasteiger partial charge in [0.1, 0.15) is 24.0 Å². The molecule has 2 aromatic heterocycles. The van der Waals surface area contributed by atoms with E-state index < -0.39 is 18.4 Å². The van der Waals surface area contributed by atoms with Crippen LogP contribution in [0.2, 0.25) is 0 Å². The fourth-order valence-corrected chi connectivity index (χ4v) is 4.42. The van der Waals surface area contributed by atoms with Crippen molar-refractivity contribution in [1.82, 2.24) is 15.0 Å². The second kappa shape index (κ2) is 10.6. The van der Waals surface area contributed by atoms with E-state index in [1.807, 2.05) is 4.90 Å². The van der Waals surface area contributed by atoms with Crippen LogP contribution < -0.4 is 10.2 Å². The number of anilines is 2. The van der Waals surface area contributed by atoms with E-state index in [9.17, 15) is 18.4 Å². The Balaban J connectivity index is 1.36. The van der Waals surface area contributed by atoms with Crippen LogP contribution in [0.4, 0.5) is 19.7 Å². The van der Waals surface area contributed by atoms with Crippen molar-refractivity contribution >= 4 is 34.2 Å². The summed E-state index contributed by atoms with van der Waals surface area (Å²) in [6, 6.07) is 3.91. The van der Waals surface area contributed by atoms with Crippen LogP contribution in [0.1, 0.15) is 35.8 Å². The molecule has 3 heterocycles. The third-order valence-corrected chi connectivity index (χ3v) is 6.20. The molecule has 4 rings (SSSR count). The Labute approximate surface area is 199 Å². The predicted molar refractivity (Wildman–Crippen MR) is 124 cm³/mol. The molecule has 1 N–H and O–H groups in total. The van der Waals surface area contributed by atoms with Crippen molar-refractivity contribution in [3.63, 3.8) is 0 Å². The fraction of sp³-hybridized carbons (Fsp3) is 0.348. The second-order valence-electron chi connectivity index (χ2n) is 7.75. The van der Waals surface area contributed by atoms with Crippen LogP contribution in [-0.4, -0.2) is 46.5 Å². The van der Waals surface area contributed by atoms with Gasteiger partial charge in [-0.2, -0.15) is 0 Å². The molecule has 0 radical (unpaired) electrons. The van der Waals surface area contributed by atoms with Gasteiger partial charge < -0.3 is 9.64 Å². The number of carbonyl (C=O) groups excluding carboxylic acids is 2. The molecular weight excluding hydrogens is 464 g/mol. The van der Waals surface area contributed by atoms with Crippen molar-refractivity contribution in [2.24, 2.45) is 5.92 Å². The van der Waals surface area contributed by atoms with Crippen LogP contribution in [0.3, 0.4) is 0 Å². The first kappa shape index (κ1) is 23.7. The summed E-state index contributed by atoms with van der Waals surface area (Å²) in [5.41, 5.74) is 1.20. The molecule has 0 unspecified atom stereocenters. The first-order chi connectivity index (χ1) is 16.5. The van der Waals surface area contributed by atoms with E-state index >= 15 is 0 Å². The third-order valence-electron chi connectivity index (χ3n) is 5.44. The van der Waals surface area contributed by atoms with Gasteiger partial charge in [-0.25, -0.2) is 23.7 Å². The van der Waals surface area contributed by atoms with Gasteiger partial charge >= 0.3 is 5.97 Å². The molecule has 11 heteroatoms. The zero-order valence-electron chi connectivity index (χ0n) is 18.5. The molecular formula is C23H23F2N5O3S. The maximum Gasteiger partial charge on any atom is 0.309 e. The minimum absolute atomic E-state index is 0.103. The number of benzene rings is 1. The fourth-order valence-electron chi connectivity index (χ4n) is 3.71. The average molecular weight is 488 g/mol. The number of thiazole rings is 1. The van der Waals surface area contributed by atoms with E-state index in [1.165, 1.54) is 35.9 Å². The molecule has 1 aliphatic rings. The lowest BCUT2D eigenvalue weighted by atomic mass is 9.97. The third kappa shape index (κ3) is 5.53. The maximum absolute atomic E-state index is 13.7. The summed E-state index contributed by atoms with van der Waals surface area (Å²) in [6.45, 7) is 2.69. The van der Waals surface area contributed by atoms with E-state index in [1.54, 1.807) is 12.3 Å². The number of hydrogen-bond acceptors (Lipinski definition) is 8. The van der Waals surface area contributed by atoms with Crippen molar-refractivity contribution in [1.29, 1.82) is 0 Å². The number of nitrogens with one attached hydrogen (secondary N) is 1. The van der Waals surface area contributed by atoms with Gasteiger partial charge in [-0.05, 0) is 43.5 Å². The molecule has 8 nitrogen and oxygen atoms in total. The molecule has 0 spiro atoms. The number of piperidine rings is 1. The standard InChI is InChI=1S/C23H23F2N5O3S/c1-2-33-22(32)15-3-5-30(6-4-15)20-12-26-18(11-27-20)21(31)29-23-28-19(13-34-23)16-7-14(10-24)8-17(25)9-16/h7-9,11-13,15H,2-6,10H2,1H3,(H,28,29,31). The molecule has 1 fully saturated rings. The molecule has 1 aromatic carbocycles. The lowest BCUT2D eigenvalue weighted by Gasteiger charge is -2.31. The lowest BCUT2D eigenvalue weighted by Crippen LogP contribution is -2.37. The van der Waals surface area contributed by atoms with Crippen LogP contribution in [0.5, 0.6) is 0 Å². The molecule has 1 aliphatic heterocycles. The van der Waals surface area contributed by atoms with E-state index in [-0.39, 0.29) is 23.1 Å². The quantitative estimate of drug-likeness (QED) is 0.498. The van der Waals surface area contributed by atoms with Gasteiger partial charge in [-0.1, -0.05) is 0 Å². The predicted octanol–water partition coefficient (Wildman–Crippen LogP) is 4.24. The van der Waals surface area contributed by atoms with Crippen molar-refractivity contribution in [2.45, 2.75) is 26.4 Å². The molecule has 0 atom stereocenters. The summed E-state index contributed by atoms with van der Waals surface area (Å²) in [5.74, 6) is -0.668. The number of rotatable bonds is 7. The van der Waals surface area contributed by atoms with E-state index in [4.69, 9.17) is 4.74 Å². The average Bonchev–Trinajstić information content (AvgIpc) is 3.32. The second-order valence-corrected chi connectivity index (χ2v) is 8.61.